The van der Waals surface area contributed by atoms with Crippen molar-refractivity contribution in [3.8, 4) is 5.75 Å². The number of pyridine rings is 1. The van der Waals surface area contributed by atoms with E-state index in [9.17, 15) is 13.2 Å². The highest BCUT2D eigenvalue weighted by atomic mass is 32.2. The molecule has 1 N–H and O–H groups in total. The number of ether oxygens (including phenoxy) is 1. The van der Waals surface area contributed by atoms with Gasteiger partial charge in [-0.3, -0.25) is 9.78 Å². The largest absolute Gasteiger partial charge is 0.497 e. The van der Waals surface area contributed by atoms with E-state index in [0.29, 0.717) is 11.3 Å². The quantitative estimate of drug-likeness (QED) is 0.562. The minimum Gasteiger partial charge on any atom is -0.497 e. The Bertz CT molecular complexity index is 1100. The maximum absolute atomic E-state index is 13.3. The summed E-state index contributed by atoms with van der Waals surface area (Å²) in [6.07, 6.45) is 6.13. The Hall–Kier alpha value is -3.45. The summed E-state index contributed by atoms with van der Waals surface area (Å²) in [5.74, 6) is 0.184. The summed E-state index contributed by atoms with van der Waals surface area (Å²) in [4.78, 5) is 16.5. The first-order valence-electron chi connectivity index (χ1n) is 9.29. The molecule has 0 spiro atoms. The predicted octanol–water partition coefficient (Wildman–Crippen LogP) is 3.43. The van der Waals surface area contributed by atoms with E-state index in [2.05, 4.69) is 10.3 Å². The highest BCUT2D eigenvalue weighted by Crippen LogP contribution is 2.29. The lowest BCUT2D eigenvalue weighted by molar-refractivity contribution is -0.116. The van der Waals surface area contributed by atoms with Crippen molar-refractivity contribution in [2.75, 3.05) is 13.7 Å². The molecule has 1 amide bonds. The van der Waals surface area contributed by atoms with Crippen LogP contribution in [0.1, 0.15) is 16.4 Å². The van der Waals surface area contributed by atoms with Gasteiger partial charge in [-0.05, 0) is 47.5 Å². The van der Waals surface area contributed by atoms with Gasteiger partial charge in [0, 0.05) is 25.0 Å². The Morgan fingerprint density at radius 2 is 1.80 bits per heavy atom. The third kappa shape index (κ3) is 5.33. The molecule has 0 aliphatic heterocycles. The van der Waals surface area contributed by atoms with Crippen molar-refractivity contribution < 1.29 is 17.9 Å². The molecular formula is C23H22N2O4S. The highest BCUT2D eigenvalue weighted by Gasteiger charge is 2.29. The number of aromatic nitrogens is 1. The van der Waals surface area contributed by atoms with Crippen LogP contribution in [-0.2, 0) is 14.6 Å². The molecule has 7 heteroatoms. The van der Waals surface area contributed by atoms with Crippen LogP contribution in [0.3, 0.4) is 0 Å². The number of nitrogens with one attached hydrogen (secondary N) is 1. The van der Waals surface area contributed by atoms with Crippen molar-refractivity contribution in [2.24, 2.45) is 0 Å². The predicted molar refractivity (Wildman–Crippen MR) is 116 cm³/mol. The fraction of sp³-hybridized carbons (Fsp3) is 0.130. The zero-order chi connectivity index (χ0) is 21.4. The van der Waals surface area contributed by atoms with Crippen molar-refractivity contribution >= 4 is 21.8 Å². The van der Waals surface area contributed by atoms with Gasteiger partial charge < -0.3 is 10.1 Å². The number of amides is 1. The standard InChI is InChI=1S/C23H22N2O4S/c1-29-20-10-12-21(13-11-20)30(27,28)22(19-8-5-15-24-16-19)17-25-23(26)14-9-18-6-3-2-4-7-18/h2-16,22H,17H2,1H3,(H,25,26)/b14-9+. The van der Waals surface area contributed by atoms with E-state index < -0.39 is 15.1 Å². The average molecular weight is 423 g/mol. The number of sulfone groups is 1. The summed E-state index contributed by atoms with van der Waals surface area (Å²) in [5.41, 5.74) is 1.38. The van der Waals surface area contributed by atoms with Crippen LogP contribution >= 0.6 is 0 Å². The fourth-order valence-electron chi connectivity index (χ4n) is 2.89. The molecule has 1 aromatic heterocycles. The Kier molecular flexibility index (Phi) is 6.98. The molecule has 30 heavy (non-hydrogen) atoms. The van der Waals surface area contributed by atoms with Crippen LogP contribution in [0.5, 0.6) is 5.75 Å². The van der Waals surface area contributed by atoms with Gasteiger partial charge in [-0.2, -0.15) is 0 Å². The zero-order valence-electron chi connectivity index (χ0n) is 16.4. The number of carbonyl (C=O) groups excluding carboxylic acids is 1. The molecular weight excluding hydrogens is 400 g/mol. The lowest BCUT2D eigenvalue weighted by Crippen LogP contribution is -2.31. The maximum atomic E-state index is 13.3. The van der Waals surface area contributed by atoms with Crippen molar-refractivity contribution in [3.05, 3.63) is 96.3 Å². The number of hydrogen-bond donors (Lipinski definition) is 1. The first kappa shape index (κ1) is 21.3. The van der Waals surface area contributed by atoms with Crippen LogP contribution in [0.15, 0.2) is 90.1 Å². The SMILES string of the molecule is COc1ccc(S(=O)(=O)C(CNC(=O)/C=C/c2ccccc2)c2cccnc2)cc1. The molecule has 1 atom stereocenters. The summed E-state index contributed by atoms with van der Waals surface area (Å²) >= 11 is 0. The summed E-state index contributed by atoms with van der Waals surface area (Å²) in [7, 11) is -2.26. The smallest absolute Gasteiger partial charge is 0.244 e. The third-order valence-electron chi connectivity index (χ3n) is 4.51. The number of benzene rings is 2. The number of methoxy groups -OCH3 is 1. The summed E-state index contributed by atoms with van der Waals surface area (Å²) in [6.45, 7) is -0.0853. The molecule has 3 rings (SSSR count). The highest BCUT2D eigenvalue weighted by molar-refractivity contribution is 7.91. The minimum atomic E-state index is -3.78. The molecule has 0 radical (unpaired) electrons. The molecule has 0 saturated carbocycles. The van der Waals surface area contributed by atoms with Gasteiger partial charge in [0.2, 0.25) is 5.91 Å². The number of hydrogen-bond acceptors (Lipinski definition) is 5. The van der Waals surface area contributed by atoms with Crippen LogP contribution in [0, 0.1) is 0 Å². The Morgan fingerprint density at radius 1 is 1.07 bits per heavy atom. The second kappa shape index (κ2) is 9.84. The summed E-state index contributed by atoms with van der Waals surface area (Å²) < 4.78 is 31.7. The second-order valence-corrected chi connectivity index (χ2v) is 8.62. The van der Waals surface area contributed by atoms with Gasteiger partial charge in [-0.25, -0.2) is 8.42 Å². The van der Waals surface area contributed by atoms with Gasteiger partial charge in [0.25, 0.3) is 0 Å². The van der Waals surface area contributed by atoms with E-state index in [4.69, 9.17) is 4.74 Å². The third-order valence-corrected chi connectivity index (χ3v) is 6.62. The van der Waals surface area contributed by atoms with Crippen molar-refractivity contribution in [1.82, 2.24) is 10.3 Å². The Labute approximate surface area is 176 Å². The first-order chi connectivity index (χ1) is 14.5. The van der Waals surface area contributed by atoms with Gasteiger partial charge in [0.15, 0.2) is 9.84 Å². The monoisotopic (exact) mass is 422 g/mol. The van der Waals surface area contributed by atoms with Gasteiger partial charge in [0.05, 0.1) is 12.0 Å². The van der Waals surface area contributed by atoms with Gasteiger partial charge in [0.1, 0.15) is 11.0 Å². The molecule has 0 bridgehead atoms. The lowest BCUT2D eigenvalue weighted by atomic mass is 10.2. The van der Waals surface area contributed by atoms with E-state index in [-0.39, 0.29) is 17.3 Å². The van der Waals surface area contributed by atoms with Crippen molar-refractivity contribution in [2.45, 2.75) is 10.1 Å². The van der Waals surface area contributed by atoms with Crippen molar-refractivity contribution in [1.29, 1.82) is 0 Å². The molecule has 0 saturated heterocycles. The minimum absolute atomic E-state index is 0.0853. The number of rotatable bonds is 8. The van der Waals surface area contributed by atoms with E-state index in [1.165, 1.54) is 31.5 Å². The second-order valence-electron chi connectivity index (χ2n) is 6.48. The van der Waals surface area contributed by atoms with E-state index >= 15 is 0 Å². The Morgan fingerprint density at radius 3 is 2.43 bits per heavy atom. The van der Waals surface area contributed by atoms with Gasteiger partial charge in [-0.1, -0.05) is 36.4 Å². The summed E-state index contributed by atoms with van der Waals surface area (Å²) in [6, 6.07) is 18.9. The van der Waals surface area contributed by atoms with Crippen LogP contribution in [0.4, 0.5) is 0 Å². The van der Waals surface area contributed by atoms with E-state index in [0.717, 1.165) is 5.56 Å². The first-order valence-corrected chi connectivity index (χ1v) is 10.8. The summed E-state index contributed by atoms with van der Waals surface area (Å²) in [5, 5.41) is 1.71. The van der Waals surface area contributed by atoms with Gasteiger partial charge >= 0.3 is 0 Å². The molecule has 3 aromatic rings. The topological polar surface area (TPSA) is 85.4 Å². The molecule has 6 nitrogen and oxygen atoms in total. The molecule has 0 aliphatic rings. The van der Waals surface area contributed by atoms with E-state index in [1.807, 2.05) is 30.3 Å². The number of carbonyl (C=O) groups is 1. The molecule has 1 heterocycles. The lowest BCUT2D eigenvalue weighted by Gasteiger charge is -2.18. The van der Waals surface area contributed by atoms with Crippen LogP contribution in [-0.4, -0.2) is 33.0 Å². The maximum Gasteiger partial charge on any atom is 0.244 e. The normalized spacial score (nSPS) is 12.4. The molecule has 2 aromatic carbocycles. The van der Waals surface area contributed by atoms with Crippen LogP contribution in [0.2, 0.25) is 0 Å². The van der Waals surface area contributed by atoms with Crippen molar-refractivity contribution in [3.63, 3.8) is 0 Å². The fourth-order valence-corrected chi connectivity index (χ4v) is 4.54. The van der Waals surface area contributed by atoms with Gasteiger partial charge in [-0.15, -0.1) is 0 Å². The molecule has 0 aliphatic carbocycles. The van der Waals surface area contributed by atoms with E-state index in [1.54, 1.807) is 36.5 Å². The number of nitrogens with zero attached hydrogens (tertiary/aromatic N) is 1. The van der Waals surface area contributed by atoms with Crippen LogP contribution in [0.25, 0.3) is 6.08 Å². The average Bonchev–Trinajstić information content (AvgIpc) is 2.79. The van der Waals surface area contributed by atoms with Crippen LogP contribution < -0.4 is 10.1 Å². The Balaban J connectivity index is 1.81. The molecule has 1 unspecified atom stereocenters. The molecule has 0 fully saturated rings. The zero-order valence-corrected chi connectivity index (χ0v) is 17.2. The molecule has 154 valence electrons.